The number of hydrogen-bond acceptors (Lipinski definition) is 6. The Labute approximate surface area is 202 Å². The van der Waals surface area contributed by atoms with Gasteiger partial charge in [-0.05, 0) is 66.3 Å². The number of pyridine rings is 1. The minimum Gasteiger partial charge on any atom is -0.497 e. The maximum Gasteiger partial charge on any atom is 0.253 e. The lowest BCUT2D eigenvalue weighted by Crippen LogP contribution is -2.42. The van der Waals surface area contributed by atoms with Crippen LogP contribution in [0.2, 0.25) is 0 Å². The summed E-state index contributed by atoms with van der Waals surface area (Å²) in [6.45, 7) is 2.51. The number of methoxy groups -OCH3 is 1. The molecule has 2 N–H and O–H groups in total. The molecule has 3 aromatic rings. The highest BCUT2D eigenvalue weighted by Crippen LogP contribution is 2.33. The molecule has 2 aromatic carbocycles. The van der Waals surface area contributed by atoms with Crippen molar-refractivity contribution >= 4 is 28.2 Å². The highest BCUT2D eigenvalue weighted by molar-refractivity contribution is 7.80. The molecule has 0 saturated carbocycles. The number of fused-ring (bicyclic) bond motifs is 2. The fourth-order valence-corrected chi connectivity index (χ4v) is 4.47. The van der Waals surface area contributed by atoms with Crippen LogP contribution in [0.3, 0.4) is 0 Å². The Bertz CT molecular complexity index is 1260. The molecule has 1 atom stereocenters. The molecule has 1 aromatic heterocycles. The van der Waals surface area contributed by atoms with Crippen molar-refractivity contribution < 1.29 is 18.9 Å². The van der Waals surface area contributed by atoms with E-state index < -0.39 is 0 Å². The van der Waals surface area contributed by atoms with Crippen molar-refractivity contribution in [2.45, 2.75) is 32.0 Å². The Morgan fingerprint density at radius 1 is 1.18 bits per heavy atom. The molecule has 1 saturated heterocycles. The van der Waals surface area contributed by atoms with Crippen LogP contribution in [0.15, 0.2) is 47.3 Å². The highest BCUT2D eigenvalue weighted by atomic mass is 32.1. The number of thiocarbonyl (C=S) groups is 1. The molecule has 9 heteroatoms. The molecule has 1 fully saturated rings. The lowest BCUT2D eigenvalue weighted by Gasteiger charge is -2.27. The summed E-state index contributed by atoms with van der Waals surface area (Å²) < 4.78 is 21.9. The smallest absolute Gasteiger partial charge is 0.253 e. The summed E-state index contributed by atoms with van der Waals surface area (Å²) >= 11 is 5.75. The fourth-order valence-electron chi connectivity index (χ4n) is 4.25. The van der Waals surface area contributed by atoms with Gasteiger partial charge in [0.1, 0.15) is 5.75 Å². The van der Waals surface area contributed by atoms with E-state index in [1.54, 1.807) is 7.11 Å². The molecule has 2 aliphatic rings. The predicted octanol–water partition coefficient (Wildman–Crippen LogP) is 3.32. The number of ether oxygens (including phenoxy) is 4. The first-order valence-corrected chi connectivity index (χ1v) is 11.7. The highest BCUT2D eigenvalue weighted by Gasteiger charge is 2.20. The second kappa shape index (κ2) is 9.90. The predicted molar refractivity (Wildman–Crippen MR) is 133 cm³/mol. The quantitative estimate of drug-likeness (QED) is 0.497. The van der Waals surface area contributed by atoms with E-state index in [0.717, 1.165) is 41.7 Å². The van der Waals surface area contributed by atoms with Crippen molar-refractivity contribution in [1.29, 1.82) is 0 Å². The zero-order chi connectivity index (χ0) is 23.5. The number of hydrogen-bond donors (Lipinski definition) is 2. The molecule has 0 spiro atoms. The van der Waals surface area contributed by atoms with Gasteiger partial charge in [0, 0.05) is 31.3 Å². The van der Waals surface area contributed by atoms with Gasteiger partial charge in [-0.15, -0.1) is 0 Å². The Hall–Kier alpha value is -3.30. The van der Waals surface area contributed by atoms with E-state index in [4.69, 9.17) is 31.2 Å². The normalized spacial score (nSPS) is 16.6. The first-order valence-electron chi connectivity index (χ1n) is 11.3. The van der Waals surface area contributed by atoms with Crippen LogP contribution >= 0.6 is 12.2 Å². The number of H-pyrrole nitrogens is 1. The number of aromatic amines is 1. The Balaban J connectivity index is 1.39. The molecule has 2 aliphatic heterocycles. The van der Waals surface area contributed by atoms with Crippen LogP contribution in [-0.4, -0.2) is 48.2 Å². The molecule has 1 unspecified atom stereocenters. The maximum atomic E-state index is 12.9. The van der Waals surface area contributed by atoms with Crippen molar-refractivity contribution in [2.24, 2.45) is 0 Å². The minimum absolute atomic E-state index is 0.154. The molecule has 0 amide bonds. The van der Waals surface area contributed by atoms with Gasteiger partial charge in [0.15, 0.2) is 16.6 Å². The molecule has 8 nitrogen and oxygen atoms in total. The van der Waals surface area contributed by atoms with Crippen LogP contribution < -0.4 is 25.1 Å². The fraction of sp³-hybridized carbons (Fsp3) is 0.360. The molecular formula is C25H27N3O5S. The van der Waals surface area contributed by atoms with Crippen LogP contribution in [-0.2, 0) is 17.8 Å². The first kappa shape index (κ1) is 22.5. The van der Waals surface area contributed by atoms with Crippen LogP contribution in [0.4, 0.5) is 0 Å². The molecule has 3 heterocycles. The third-order valence-corrected chi connectivity index (χ3v) is 6.50. The molecule has 34 heavy (non-hydrogen) atoms. The van der Waals surface area contributed by atoms with Crippen LogP contribution in [0.5, 0.6) is 17.2 Å². The summed E-state index contributed by atoms with van der Waals surface area (Å²) in [6.07, 6.45) is 2.24. The van der Waals surface area contributed by atoms with E-state index in [-0.39, 0.29) is 18.5 Å². The minimum atomic E-state index is -0.154. The van der Waals surface area contributed by atoms with Crippen molar-refractivity contribution in [3.05, 3.63) is 63.9 Å². The lowest BCUT2D eigenvalue weighted by atomic mass is 10.1. The van der Waals surface area contributed by atoms with Gasteiger partial charge >= 0.3 is 0 Å². The van der Waals surface area contributed by atoms with Gasteiger partial charge in [0.05, 0.1) is 25.3 Å². The Morgan fingerprint density at radius 2 is 2.06 bits per heavy atom. The van der Waals surface area contributed by atoms with Crippen molar-refractivity contribution in [3.63, 3.8) is 0 Å². The van der Waals surface area contributed by atoms with Crippen LogP contribution in [0.25, 0.3) is 10.9 Å². The van der Waals surface area contributed by atoms with E-state index in [9.17, 15) is 4.79 Å². The number of nitrogens with zero attached hydrogens (tertiary/aromatic N) is 1. The zero-order valence-electron chi connectivity index (χ0n) is 19.0. The first-order chi connectivity index (χ1) is 16.6. The summed E-state index contributed by atoms with van der Waals surface area (Å²) in [6, 6.07) is 13.4. The van der Waals surface area contributed by atoms with E-state index in [1.165, 1.54) is 0 Å². The maximum absolute atomic E-state index is 12.9. The molecule has 0 aliphatic carbocycles. The summed E-state index contributed by atoms with van der Waals surface area (Å²) in [5.74, 6) is 2.14. The topological polar surface area (TPSA) is 85.0 Å². The Kier molecular flexibility index (Phi) is 6.55. The van der Waals surface area contributed by atoms with Gasteiger partial charge in [0.25, 0.3) is 5.56 Å². The van der Waals surface area contributed by atoms with E-state index in [0.29, 0.717) is 41.8 Å². The van der Waals surface area contributed by atoms with Gasteiger partial charge in [-0.3, -0.25) is 4.79 Å². The van der Waals surface area contributed by atoms with E-state index in [2.05, 4.69) is 10.3 Å². The molecule has 178 valence electrons. The molecule has 0 radical (unpaired) electrons. The van der Waals surface area contributed by atoms with E-state index >= 15 is 0 Å². The Morgan fingerprint density at radius 3 is 2.88 bits per heavy atom. The third kappa shape index (κ3) is 4.95. The monoisotopic (exact) mass is 481 g/mol. The molecule has 5 rings (SSSR count). The van der Waals surface area contributed by atoms with Gasteiger partial charge in [-0.2, -0.15) is 0 Å². The average molecular weight is 482 g/mol. The van der Waals surface area contributed by atoms with Crippen molar-refractivity contribution in [3.8, 4) is 17.2 Å². The third-order valence-electron chi connectivity index (χ3n) is 6.09. The molecule has 0 bridgehead atoms. The standard InChI is InChI=1S/C25H27N3O5S/c1-30-19-6-5-17-10-18(24(29)27-21(17)11-19)14-28(25(34)26-12-20-3-2-8-31-20)13-16-4-7-22-23(9-16)33-15-32-22/h4-7,9-11,20H,2-3,8,12-15H2,1H3,(H,26,34)(H,27,29). The number of aromatic nitrogens is 1. The van der Waals surface area contributed by atoms with Gasteiger partial charge in [-0.1, -0.05) is 6.07 Å². The van der Waals surface area contributed by atoms with Crippen molar-refractivity contribution in [1.82, 2.24) is 15.2 Å². The number of rotatable bonds is 7. The average Bonchev–Trinajstić information content (AvgIpc) is 3.54. The molecular weight excluding hydrogens is 454 g/mol. The number of benzene rings is 2. The van der Waals surface area contributed by atoms with Gasteiger partial charge in [-0.25, -0.2) is 0 Å². The number of nitrogens with one attached hydrogen (secondary N) is 2. The van der Waals surface area contributed by atoms with Crippen molar-refractivity contribution in [2.75, 3.05) is 27.1 Å². The summed E-state index contributed by atoms with van der Waals surface area (Å²) in [7, 11) is 1.60. The summed E-state index contributed by atoms with van der Waals surface area (Å²) in [5.41, 5.74) is 2.21. The summed E-state index contributed by atoms with van der Waals surface area (Å²) in [5, 5.41) is 4.84. The largest absolute Gasteiger partial charge is 0.497 e. The van der Waals surface area contributed by atoms with Gasteiger partial charge < -0.3 is 34.1 Å². The van der Waals surface area contributed by atoms with Crippen LogP contribution in [0, 0.1) is 0 Å². The van der Waals surface area contributed by atoms with E-state index in [1.807, 2.05) is 47.4 Å². The zero-order valence-corrected chi connectivity index (χ0v) is 19.8. The second-order valence-electron chi connectivity index (χ2n) is 8.44. The lowest BCUT2D eigenvalue weighted by molar-refractivity contribution is 0.113. The van der Waals surface area contributed by atoms with Crippen LogP contribution in [0.1, 0.15) is 24.0 Å². The summed E-state index contributed by atoms with van der Waals surface area (Å²) in [4.78, 5) is 17.9. The second-order valence-corrected chi connectivity index (χ2v) is 8.83. The SMILES string of the molecule is COc1ccc2cc(CN(Cc3ccc4c(c3)OCO4)C(=S)NCC3CCCO3)c(=O)[nH]c2c1. The van der Waals surface area contributed by atoms with Gasteiger partial charge in [0.2, 0.25) is 6.79 Å².